The van der Waals surface area contributed by atoms with Crippen molar-refractivity contribution in [1.82, 2.24) is 30.0 Å². The molecule has 8 heteroatoms. The second kappa shape index (κ2) is 7.84. The van der Waals surface area contributed by atoms with Crippen LogP contribution in [-0.2, 0) is 6.42 Å². The third-order valence-corrected chi connectivity index (χ3v) is 5.12. The van der Waals surface area contributed by atoms with E-state index in [4.69, 9.17) is 4.52 Å². The fourth-order valence-electron chi connectivity index (χ4n) is 3.80. The summed E-state index contributed by atoms with van der Waals surface area (Å²) in [5, 5.41) is 4.01. The zero-order chi connectivity index (χ0) is 19.5. The van der Waals surface area contributed by atoms with Gasteiger partial charge in [-0.05, 0) is 45.1 Å². The first-order chi connectivity index (χ1) is 13.6. The first kappa shape index (κ1) is 18.2. The summed E-state index contributed by atoms with van der Waals surface area (Å²) in [5.41, 5.74) is 4.07. The standard InChI is InChI=1S/C20H22N6O2/c1-13-19(14(2)28-25-13)18-7-17(23-12-24-18)6-15-4-3-5-26(10-15)20(27)16-8-21-11-22-9-16/h7-9,11-12,15H,3-6,10H2,1-2H3. The van der Waals surface area contributed by atoms with Gasteiger partial charge in [-0.3, -0.25) is 4.79 Å². The molecule has 0 radical (unpaired) electrons. The van der Waals surface area contributed by atoms with Crippen LogP contribution < -0.4 is 0 Å². The monoisotopic (exact) mass is 378 g/mol. The molecule has 3 aromatic heterocycles. The Bertz CT molecular complexity index is 952. The van der Waals surface area contributed by atoms with Gasteiger partial charge in [-0.2, -0.15) is 0 Å². The van der Waals surface area contributed by atoms with E-state index in [-0.39, 0.29) is 5.91 Å². The molecule has 4 heterocycles. The zero-order valence-electron chi connectivity index (χ0n) is 16.0. The molecule has 144 valence electrons. The number of hydrogen-bond acceptors (Lipinski definition) is 7. The maximum absolute atomic E-state index is 12.7. The largest absolute Gasteiger partial charge is 0.361 e. The number of aromatic nitrogens is 5. The van der Waals surface area contributed by atoms with Crippen molar-refractivity contribution in [2.24, 2.45) is 5.92 Å². The van der Waals surface area contributed by atoms with Crippen molar-refractivity contribution < 1.29 is 9.32 Å². The molecular weight excluding hydrogens is 356 g/mol. The summed E-state index contributed by atoms with van der Waals surface area (Å²) in [6, 6.07) is 2.00. The summed E-state index contributed by atoms with van der Waals surface area (Å²) in [6.45, 7) is 5.26. The molecule has 0 N–H and O–H groups in total. The molecule has 8 nitrogen and oxygen atoms in total. The summed E-state index contributed by atoms with van der Waals surface area (Å²) >= 11 is 0. The fraction of sp³-hybridized carbons (Fsp3) is 0.400. The predicted molar refractivity (Wildman–Crippen MR) is 101 cm³/mol. The molecule has 1 unspecified atom stereocenters. The van der Waals surface area contributed by atoms with Crippen LogP contribution in [0.25, 0.3) is 11.3 Å². The van der Waals surface area contributed by atoms with E-state index in [2.05, 4.69) is 25.1 Å². The molecule has 1 atom stereocenters. The van der Waals surface area contributed by atoms with Crippen LogP contribution in [0, 0.1) is 19.8 Å². The van der Waals surface area contributed by atoms with Crippen LogP contribution in [0.2, 0.25) is 0 Å². The average molecular weight is 378 g/mol. The fourth-order valence-corrected chi connectivity index (χ4v) is 3.80. The Kier molecular flexibility index (Phi) is 5.10. The van der Waals surface area contributed by atoms with Crippen molar-refractivity contribution in [3.8, 4) is 11.3 Å². The zero-order valence-corrected chi connectivity index (χ0v) is 16.0. The van der Waals surface area contributed by atoms with Crippen LogP contribution in [0.5, 0.6) is 0 Å². The van der Waals surface area contributed by atoms with E-state index in [1.807, 2.05) is 24.8 Å². The van der Waals surface area contributed by atoms with Crippen molar-refractivity contribution in [2.75, 3.05) is 13.1 Å². The lowest BCUT2D eigenvalue weighted by Gasteiger charge is -2.32. The minimum Gasteiger partial charge on any atom is -0.361 e. The Labute approximate surface area is 163 Å². The number of piperidine rings is 1. The Morgan fingerprint density at radius 3 is 2.79 bits per heavy atom. The summed E-state index contributed by atoms with van der Waals surface area (Å²) in [5.74, 6) is 1.10. The topological polar surface area (TPSA) is 97.9 Å². The van der Waals surface area contributed by atoms with Crippen LogP contribution in [0.4, 0.5) is 0 Å². The molecule has 0 bridgehead atoms. The molecule has 1 saturated heterocycles. The summed E-state index contributed by atoms with van der Waals surface area (Å²) in [7, 11) is 0. The summed E-state index contributed by atoms with van der Waals surface area (Å²) < 4.78 is 5.26. The van der Waals surface area contributed by atoms with Gasteiger partial charge in [0.2, 0.25) is 0 Å². The van der Waals surface area contributed by atoms with Crippen molar-refractivity contribution in [3.05, 3.63) is 53.8 Å². The van der Waals surface area contributed by atoms with Crippen LogP contribution in [-0.4, -0.2) is 49.0 Å². The number of carbonyl (C=O) groups is 1. The van der Waals surface area contributed by atoms with Gasteiger partial charge in [0.1, 0.15) is 18.4 Å². The number of rotatable bonds is 4. The van der Waals surface area contributed by atoms with Gasteiger partial charge in [-0.15, -0.1) is 0 Å². The second-order valence-electron chi connectivity index (χ2n) is 7.18. The van der Waals surface area contributed by atoms with Gasteiger partial charge in [0.25, 0.3) is 5.91 Å². The highest BCUT2D eigenvalue weighted by Gasteiger charge is 2.25. The third kappa shape index (κ3) is 3.76. The number of likely N-dealkylation sites (tertiary alicyclic amines) is 1. The Morgan fingerprint density at radius 2 is 2.04 bits per heavy atom. The maximum atomic E-state index is 12.7. The van der Waals surface area contributed by atoms with Gasteiger partial charge in [-0.25, -0.2) is 19.9 Å². The van der Waals surface area contributed by atoms with Gasteiger partial charge in [0, 0.05) is 31.2 Å². The van der Waals surface area contributed by atoms with E-state index in [0.29, 0.717) is 18.0 Å². The van der Waals surface area contributed by atoms with E-state index in [1.165, 1.54) is 6.33 Å². The molecule has 1 aliphatic rings. The highest BCUT2D eigenvalue weighted by Crippen LogP contribution is 2.27. The minimum absolute atomic E-state index is 0.00982. The van der Waals surface area contributed by atoms with E-state index in [1.54, 1.807) is 18.7 Å². The highest BCUT2D eigenvalue weighted by molar-refractivity contribution is 5.93. The molecule has 1 aliphatic heterocycles. The Hall–Kier alpha value is -3.16. The van der Waals surface area contributed by atoms with Crippen molar-refractivity contribution >= 4 is 5.91 Å². The van der Waals surface area contributed by atoms with Gasteiger partial charge in [-0.1, -0.05) is 5.16 Å². The summed E-state index contributed by atoms with van der Waals surface area (Å²) in [4.78, 5) is 31.3. The lowest BCUT2D eigenvalue weighted by atomic mass is 9.92. The van der Waals surface area contributed by atoms with E-state index in [0.717, 1.165) is 54.2 Å². The lowest BCUT2D eigenvalue weighted by molar-refractivity contribution is 0.0672. The minimum atomic E-state index is -0.00982. The average Bonchev–Trinajstić information content (AvgIpc) is 3.06. The van der Waals surface area contributed by atoms with E-state index < -0.39 is 0 Å². The predicted octanol–water partition coefficient (Wildman–Crippen LogP) is 2.63. The Morgan fingerprint density at radius 1 is 1.21 bits per heavy atom. The van der Waals surface area contributed by atoms with Gasteiger partial charge in [0.05, 0.1) is 22.5 Å². The normalized spacial score (nSPS) is 16.9. The number of nitrogens with zero attached hydrogens (tertiary/aromatic N) is 6. The van der Waals surface area contributed by atoms with Crippen LogP contribution in [0.15, 0.2) is 35.6 Å². The maximum Gasteiger partial charge on any atom is 0.256 e. The van der Waals surface area contributed by atoms with Gasteiger partial charge < -0.3 is 9.42 Å². The number of hydrogen-bond donors (Lipinski definition) is 0. The molecule has 0 aliphatic carbocycles. The van der Waals surface area contributed by atoms with Crippen molar-refractivity contribution in [3.63, 3.8) is 0 Å². The van der Waals surface area contributed by atoms with Crippen LogP contribution >= 0.6 is 0 Å². The van der Waals surface area contributed by atoms with Gasteiger partial charge >= 0.3 is 0 Å². The SMILES string of the molecule is Cc1noc(C)c1-c1cc(CC2CCCN(C(=O)c3cncnc3)C2)ncn1. The lowest BCUT2D eigenvalue weighted by Crippen LogP contribution is -2.40. The molecule has 1 fully saturated rings. The second-order valence-corrected chi connectivity index (χ2v) is 7.18. The molecule has 4 rings (SSSR count). The van der Waals surface area contributed by atoms with E-state index in [9.17, 15) is 4.79 Å². The van der Waals surface area contributed by atoms with Crippen LogP contribution in [0.1, 0.15) is 40.3 Å². The number of amides is 1. The summed E-state index contributed by atoms with van der Waals surface area (Å²) in [6.07, 6.45) is 9.00. The Balaban J connectivity index is 1.47. The quantitative estimate of drug-likeness (QED) is 0.688. The first-order valence-corrected chi connectivity index (χ1v) is 9.40. The molecule has 28 heavy (non-hydrogen) atoms. The van der Waals surface area contributed by atoms with Gasteiger partial charge in [0.15, 0.2) is 0 Å². The molecular formula is C20H22N6O2. The number of aryl methyl sites for hydroxylation is 2. The molecule has 0 saturated carbocycles. The number of carbonyl (C=O) groups excluding carboxylic acids is 1. The third-order valence-electron chi connectivity index (χ3n) is 5.12. The molecule has 3 aromatic rings. The first-order valence-electron chi connectivity index (χ1n) is 9.40. The molecule has 1 amide bonds. The van der Waals surface area contributed by atoms with E-state index >= 15 is 0 Å². The van der Waals surface area contributed by atoms with Crippen LogP contribution in [0.3, 0.4) is 0 Å². The smallest absolute Gasteiger partial charge is 0.256 e. The molecule has 0 spiro atoms. The van der Waals surface area contributed by atoms with Crippen molar-refractivity contribution in [2.45, 2.75) is 33.1 Å². The van der Waals surface area contributed by atoms with Crippen molar-refractivity contribution in [1.29, 1.82) is 0 Å². The highest BCUT2D eigenvalue weighted by atomic mass is 16.5. The molecule has 0 aromatic carbocycles.